The van der Waals surface area contributed by atoms with Crippen LogP contribution >= 0.6 is 0 Å². The van der Waals surface area contributed by atoms with Crippen molar-refractivity contribution in [3.05, 3.63) is 45.8 Å². The minimum Gasteiger partial charge on any atom is -1.00 e. The minimum atomic E-state index is -1.58. The maximum Gasteiger partial charge on any atom is -1.00 e. The number of halogens is 2. The molecular formula is C21H29Cl2Zr. The standard InChI is InChI=1S/C13H17.C5H5.C3H7.2ClH.Zr/c1-3-7-12-10(5-1)9-11-6-2-4-8-13(11)12;1-2-4-5-3-1;1-3-2;;;/h1,3,5,7,9-13H,2,4,6,8H2;1-3H,4H2;3H,1-2H3;2*1H;/q;;;;;+2/p-2. The summed E-state index contributed by atoms with van der Waals surface area (Å²) in [6.45, 7) is 5.09. The van der Waals surface area contributed by atoms with Gasteiger partial charge < -0.3 is 24.8 Å². The molecule has 2 fully saturated rings. The zero-order valence-electron chi connectivity index (χ0n) is 14.8. The second-order valence-electron chi connectivity index (χ2n) is 8.00. The maximum absolute atomic E-state index is 2.61. The molecule has 0 N–H and O–H groups in total. The smallest absolute Gasteiger partial charge is 1.00 e. The molecule has 5 atom stereocenters. The number of fused-ring (bicyclic) bond motifs is 3. The van der Waals surface area contributed by atoms with Crippen molar-refractivity contribution in [3.8, 4) is 0 Å². The first-order chi connectivity index (χ1) is 10.8. The number of hydrogen-bond donors (Lipinski definition) is 0. The van der Waals surface area contributed by atoms with E-state index in [1.54, 1.807) is 0 Å². The molecule has 0 saturated heterocycles. The molecule has 0 aromatic rings. The van der Waals surface area contributed by atoms with Crippen LogP contribution in [0.25, 0.3) is 0 Å². The Kier molecular flexibility index (Phi) is 7.67. The van der Waals surface area contributed by atoms with E-state index >= 15 is 0 Å². The third kappa shape index (κ3) is 3.61. The van der Waals surface area contributed by atoms with Crippen LogP contribution in [0.5, 0.6) is 0 Å². The van der Waals surface area contributed by atoms with E-state index in [2.05, 4.69) is 56.4 Å². The van der Waals surface area contributed by atoms with Crippen LogP contribution in [0.3, 0.4) is 0 Å². The summed E-state index contributed by atoms with van der Waals surface area (Å²) in [6.07, 6.45) is 24.4. The largest absolute Gasteiger partial charge is 1.00 e. The van der Waals surface area contributed by atoms with Gasteiger partial charge in [-0.1, -0.05) is 0 Å². The molecule has 0 spiro atoms. The Bertz CT molecular complexity index is 546. The first-order valence-corrected chi connectivity index (χ1v) is 13.4. The minimum absolute atomic E-state index is 0. The summed E-state index contributed by atoms with van der Waals surface area (Å²) in [5.41, 5.74) is 0. The van der Waals surface area contributed by atoms with Crippen LogP contribution in [-0.4, -0.2) is 0 Å². The molecule has 0 nitrogen and oxygen atoms in total. The van der Waals surface area contributed by atoms with Crippen molar-refractivity contribution in [2.24, 2.45) is 23.7 Å². The van der Waals surface area contributed by atoms with Crippen molar-refractivity contribution in [1.29, 1.82) is 0 Å². The molecule has 0 heterocycles. The van der Waals surface area contributed by atoms with Crippen LogP contribution in [-0.2, 0) is 21.8 Å². The summed E-state index contributed by atoms with van der Waals surface area (Å²) in [7, 11) is 0. The second kappa shape index (κ2) is 8.88. The fraction of sp³-hybridized carbons (Fsp3) is 0.619. The number of allylic oxidation sites excluding steroid dienone is 8. The van der Waals surface area contributed by atoms with E-state index in [0.717, 1.165) is 30.9 Å². The van der Waals surface area contributed by atoms with Crippen LogP contribution < -0.4 is 24.8 Å². The summed E-state index contributed by atoms with van der Waals surface area (Å²) in [5.74, 6) is 3.82. The van der Waals surface area contributed by atoms with Gasteiger partial charge in [0.2, 0.25) is 0 Å². The Morgan fingerprint density at radius 1 is 0.917 bits per heavy atom. The third-order valence-electron chi connectivity index (χ3n) is 6.59. The van der Waals surface area contributed by atoms with Crippen LogP contribution in [0.15, 0.2) is 45.8 Å². The molecule has 4 rings (SSSR count). The van der Waals surface area contributed by atoms with Crippen LogP contribution in [0, 0.1) is 23.7 Å². The first kappa shape index (κ1) is 20.7. The van der Waals surface area contributed by atoms with Gasteiger partial charge in [0.25, 0.3) is 0 Å². The van der Waals surface area contributed by atoms with Gasteiger partial charge in [-0.25, -0.2) is 0 Å². The fourth-order valence-electron chi connectivity index (χ4n) is 5.90. The molecule has 0 aromatic carbocycles. The summed E-state index contributed by atoms with van der Waals surface area (Å²) in [5, 5.41) is 0. The average Bonchev–Trinajstić information content (AvgIpc) is 3.16. The Balaban J connectivity index is 0.00000104. The summed E-state index contributed by atoms with van der Waals surface area (Å²) >= 11 is -1.58. The predicted octanol–water partition coefficient (Wildman–Crippen LogP) is 0.252. The van der Waals surface area contributed by atoms with Crippen molar-refractivity contribution >= 4 is 0 Å². The average molecular weight is 444 g/mol. The van der Waals surface area contributed by atoms with Gasteiger partial charge in [-0.15, -0.1) is 0 Å². The zero-order valence-corrected chi connectivity index (χ0v) is 18.8. The SMILES string of the molecule is C[CH](C)[Zr+2]([C]1=CC=CC1)[CH]1C2C=CC=CC2C2CCCCC21.[Cl-].[Cl-]. The molecule has 5 unspecified atom stereocenters. The quantitative estimate of drug-likeness (QED) is 0.587. The molecule has 0 aliphatic heterocycles. The Hall–Kier alpha value is 0.423. The van der Waals surface area contributed by atoms with Gasteiger partial charge in [0.1, 0.15) is 0 Å². The predicted molar refractivity (Wildman–Crippen MR) is 91.4 cm³/mol. The molecular weight excluding hydrogens is 414 g/mol. The molecule has 0 radical (unpaired) electrons. The second-order valence-corrected chi connectivity index (χ2v) is 16.3. The van der Waals surface area contributed by atoms with Gasteiger partial charge in [0.15, 0.2) is 0 Å². The van der Waals surface area contributed by atoms with E-state index in [-0.39, 0.29) is 24.8 Å². The molecule has 4 aliphatic carbocycles. The van der Waals surface area contributed by atoms with Crippen LogP contribution in [0.1, 0.15) is 46.0 Å². The molecule has 4 aliphatic rings. The van der Waals surface area contributed by atoms with E-state index in [0.29, 0.717) is 0 Å². The van der Waals surface area contributed by atoms with Gasteiger partial charge in [0.05, 0.1) is 0 Å². The summed E-state index contributed by atoms with van der Waals surface area (Å²) < 4.78 is 3.94. The molecule has 2 saturated carbocycles. The summed E-state index contributed by atoms with van der Waals surface area (Å²) in [4.78, 5) is 0. The molecule has 0 aromatic heterocycles. The van der Waals surface area contributed by atoms with Crippen molar-refractivity contribution in [3.63, 3.8) is 0 Å². The number of rotatable bonds is 3. The molecule has 131 valence electrons. The van der Waals surface area contributed by atoms with Gasteiger partial charge in [0, 0.05) is 0 Å². The summed E-state index contributed by atoms with van der Waals surface area (Å²) in [6, 6.07) is 0. The maximum atomic E-state index is 2.61. The number of hydrogen-bond acceptors (Lipinski definition) is 0. The Labute approximate surface area is 168 Å². The monoisotopic (exact) mass is 441 g/mol. The van der Waals surface area contributed by atoms with Crippen molar-refractivity contribution in [1.82, 2.24) is 0 Å². The van der Waals surface area contributed by atoms with E-state index < -0.39 is 21.8 Å². The normalized spacial score (nSPS) is 35.8. The molecule has 24 heavy (non-hydrogen) atoms. The molecule has 0 amide bonds. The topological polar surface area (TPSA) is 0 Å². The molecule has 3 heteroatoms. The fourth-order valence-corrected chi connectivity index (χ4v) is 16.2. The Morgan fingerprint density at radius 2 is 1.58 bits per heavy atom. The van der Waals surface area contributed by atoms with E-state index in [1.807, 2.05) is 3.28 Å². The van der Waals surface area contributed by atoms with Crippen molar-refractivity contribution < 1.29 is 46.6 Å². The van der Waals surface area contributed by atoms with E-state index in [4.69, 9.17) is 0 Å². The first-order valence-electron chi connectivity index (χ1n) is 9.35. The zero-order chi connectivity index (χ0) is 15.1. The van der Waals surface area contributed by atoms with E-state index in [1.165, 1.54) is 32.1 Å². The van der Waals surface area contributed by atoms with E-state index in [9.17, 15) is 0 Å². The van der Waals surface area contributed by atoms with Gasteiger partial charge in [-0.3, -0.25) is 0 Å². The van der Waals surface area contributed by atoms with Gasteiger partial charge >= 0.3 is 144 Å². The van der Waals surface area contributed by atoms with Crippen molar-refractivity contribution in [2.45, 2.75) is 53.2 Å². The van der Waals surface area contributed by atoms with Gasteiger partial charge in [-0.05, 0) is 0 Å². The molecule has 0 bridgehead atoms. The van der Waals surface area contributed by atoms with Crippen molar-refractivity contribution in [2.75, 3.05) is 0 Å². The van der Waals surface area contributed by atoms with Crippen LogP contribution in [0.4, 0.5) is 0 Å². The van der Waals surface area contributed by atoms with Crippen LogP contribution in [0.2, 0.25) is 7.25 Å². The van der Waals surface area contributed by atoms with Gasteiger partial charge in [-0.2, -0.15) is 0 Å². The third-order valence-corrected chi connectivity index (χ3v) is 16.1. The Morgan fingerprint density at radius 3 is 2.21 bits per heavy atom.